The Morgan fingerprint density at radius 2 is 1.57 bits per heavy atom. The average molecular weight is 500 g/mol. The van der Waals surface area contributed by atoms with Crippen molar-refractivity contribution in [2.24, 2.45) is 0 Å². The molecule has 3 heteroatoms. The van der Waals surface area contributed by atoms with Gasteiger partial charge in [0, 0.05) is 8.47 Å². The fraction of sp³-hybridized carbons (Fsp3) is 0.200. The molecule has 3 aromatic rings. The highest BCUT2D eigenvalue weighted by molar-refractivity contribution is 14.1. The van der Waals surface area contributed by atoms with Gasteiger partial charge in [-0.2, -0.15) is 0 Å². The van der Waals surface area contributed by atoms with Crippen molar-refractivity contribution in [3.8, 4) is 11.1 Å². The monoisotopic (exact) mass is 500 g/mol. The smallest absolute Gasteiger partial charge is 0.108 e. The van der Waals surface area contributed by atoms with Crippen molar-refractivity contribution in [3.63, 3.8) is 0 Å². The number of rotatable bonds is 10. The van der Waals surface area contributed by atoms with Gasteiger partial charge in [0.25, 0.3) is 0 Å². The van der Waals surface area contributed by atoms with Crippen LogP contribution in [0, 0.1) is 3.57 Å². The van der Waals surface area contributed by atoms with Crippen LogP contribution in [0.4, 0.5) is 0 Å². The zero-order valence-corrected chi connectivity index (χ0v) is 18.9. The van der Waals surface area contributed by atoms with Crippen molar-refractivity contribution in [1.29, 1.82) is 0 Å². The molecule has 1 nitrogen and oxygen atoms in total. The molecule has 1 unspecified atom stereocenters. The number of aryl methyl sites for hydroxylation is 1. The van der Waals surface area contributed by atoms with Crippen LogP contribution in [0.25, 0.3) is 11.1 Å². The molecule has 0 bridgehead atoms. The molecule has 3 aromatic carbocycles. The van der Waals surface area contributed by atoms with Crippen LogP contribution in [0.2, 0.25) is 0 Å². The minimum atomic E-state index is 0.114. The van der Waals surface area contributed by atoms with Gasteiger partial charge in [-0.3, -0.25) is 0 Å². The first-order valence-electron chi connectivity index (χ1n) is 9.55. The lowest BCUT2D eigenvalue weighted by Gasteiger charge is -2.19. The Hall–Kier alpha value is -1.56. The van der Waals surface area contributed by atoms with Crippen LogP contribution in [0.5, 0.6) is 0 Å². The zero-order valence-electron chi connectivity index (χ0n) is 15.9. The van der Waals surface area contributed by atoms with Crippen molar-refractivity contribution in [1.82, 2.24) is 0 Å². The summed E-state index contributed by atoms with van der Waals surface area (Å²) in [6.45, 7) is 4.52. The first-order chi connectivity index (χ1) is 13.8. The number of benzene rings is 3. The second-order valence-corrected chi connectivity index (χ2v) is 8.86. The maximum atomic E-state index is 6.22. The van der Waals surface area contributed by atoms with E-state index in [0.29, 0.717) is 6.61 Å². The summed E-state index contributed by atoms with van der Waals surface area (Å²) in [6, 6.07) is 27.8. The van der Waals surface area contributed by atoms with Crippen molar-refractivity contribution in [2.45, 2.75) is 29.6 Å². The molecule has 0 aliphatic carbocycles. The Balaban J connectivity index is 1.78. The van der Waals surface area contributed by atoms with Gasteiger partial charge < -0.3 is 4.74 Å². The van der Waals surface area contributed by atoms with Gasteiger partial charge in [0.15, 0.2) is 0 Å². The molecule has 144 valence electrons. The van der Waals surface area contributed by atoms with E-state index in [9.17, 15) is 0 Å². The minimum Gasteiger partial charge on any atom is -0.367 e. The maximum absolute atomic E-state index is 6.22. The van der Waals surface area contributed by atoms with Crippen molar-refractivity contribution in [2.75, 3.05) is 6.61 Å². The Labute approximate surface area is 186 Å². The average Bonchev–Trinajstić information content (AvgIpc) is 2.74. The van der Waals surface area contributed by atoms with Gasteiger partial charge in [-0.25, -0.2) is 0 Å². The van der Waals surface area contributed by atoms with Gasteiger partial charge in [-0.15, -0.1) is 6.58 Å². The molecule has 0 aliphatic heterocycles. The summed E-state index contributed by atoms with van der Waals surface area (Å²) in [7, 11) is 0. The van der Waals surface area contributed by atoms with Gasteiger partial charge >= 0.3 is 0 Å². The first kappa shape index (κ1) is 21.2. The van der Waals surface area contributed by atoms with Crippen LogP contribution >= 0.6 is 34.4 Å². The predicted molar refractivity (Wildman–Crippen MR) is 130 cm³/mol. The molecule has 0 saturated carbocycles. The second-order valence-electron chi connectivity index (χ2n) is 6.50. The number of hydrogen-bond acceptors (Lipinski definition) is 2. The van der Waals surface area contributed by atoms with Crippen LogP contribution in [-0.2, 0) is 11.2 Å². The minimum absolute atomic E-state index is 0.114. The molecule has 0 saturated heterocycles. The third kappa shape index (κ3) is 6.23. The molecular formula is C25H25IOS. The third-order valence-corrected chi connectivity index (χ3v) is 6.63. The first-order valence-corrected chi connectivity index (χ1v) is 11.5. The standard InChI is InChI=1S/C25H25IOS/c1-2-3-19-27-25(18-17-20-11-5-4-6-12-20)28-24-16-10-8-14-22(24)21-13-7-9-15-23(21)26/h2,4-16,25H,1,3,17-19H2. The number of ether oxygens (including phenoxy) is 1. The topological polar surface area (TPSA) is 9.23 Å². The van der Waals surface area contributed by atoms with Crippen molar-refractivity contribution >= 4 is 34.4 Å². The number of halogens is 1. The molecule has 3 rings (SSSR count). The Morgan fingerprint density at radius 3 is 2.32 bits per heavy atom. The van der Waals surface area contributed by atoms with E-state index >= 15 is 0 Å². The molecule has 0 aromatic heterocycles. The lowest BCUT2D eigenvalue weighted by atomic mass is 10.1. The van der Waals surface area contributed by atoms with Gasteiger partial charge in [0.05, 0.1) is 6.61 Å². The highest BCUT2D eigenvalue weighted by atomic mass is 127. The molecule has 1 atom stereocenters. The van der Waals surface area contributed by atoms with Crippen molar-refractivity contribution < 1.29 is 4.74 Å². The summed E-state index contributed by atoms with van der Waals surface area (Å²) in [5, 5.41) is 0. The van der Waals surface area contributed by atoms with Gasteiger partial charge in [0.2, 0.25) is 0 Å². The van der Waals surface area contributed by atoms with E-state index in [1.165, 1.54) is 25.2 Å². The van der Waals surface area contributed by atoms with Gasteiger partial charge in [-0.1, -0.05) is 84.6 Å². The van der Waals surface area contributed by atoms with Gasteiger partial charge in [0.1, 0.15) is 5.44 Å². The summed E-state index contributed by atoms with van der Waals surface area (Å²) >= 11 is 4.24. The summed E-state index contributed by atoms with van der Waals surface area (Å²) in [5.41, 5.74) is 4.02. The molecule has 0 aliphatic rings. The van der Waals surface area contributed by atoms with Crippen LogP contribution in [-0.4, -0.2) is 12.0 Å². The molecular weight excluding hydrogens is 475 g/mol. The summed E-state index contributed by atoms with van der Waals surface area (Å²) in [6.07, 6.45) is 4.78. The molecule has 0 N–H and O–H groups in total. The number of hydrogen-bond donors (Lipinski definition) is 0. The third-order valence-electron chi connectivity index (χ3n) is 4.45. The van der Waals surface area contributed by atoms with E-state index < -0.39 is 0 Å². The molecule has 0 radical (unpaired) electrons. The fourth-order valence-electron chi connectivity index (χ4n) is 3.00. The molecule has 0 amide bonds. The van der Waals surface area contributed by atoms with E-state index in [1.807, 2.05) is 17.8 Å². The summed E-state index contributed by atoms with van der Waals surface area (Å²) < 4.78 is 7.48. The molecule has 0 spiro atoms. The lowest BCUT2D eigenvalue weighted by Crippen LogP contribution is -2.11. The summed E-state index contributed by atoms with van der Waals surface area (Å²) in [5.74, 6) is 0. The normalized spacial score (nSPS) is 11.9. The second kappa shape index (κ2) is 11.4. The SMILES string of the molecule is C=CCCOC(CCc1ccccc1)Sc1ccccc1-c1ccccc1I. The number of thioether (sulfide) groups is 1. The molecule has 0 fully saturated rings. The Bertz CT molecular complexity index is 878. The Morgan fingerprint density at radius 1 is 0.893 bits per heavy atom. The lowest BCUT2D eigenvalue weighted by molar-refractivity contribution is 0.111. The molecule has 28 heavy (non-hydrogen) atoms. The van der Waals surface area contributed by atoms with E-state index in [1.54, 1.807) is 0 Å². The summed E-state index contributed by atoms with van der Waals surface area (Å²) in [4.78, 5) is 1.27. The highest BCUT2D eigenvalue weighted by Gasteiger charge is 2.15. The van der Waals surface area contributed by atoms with E-state index in [0.717, 1.165) is 19.3 Å². The van der Waals surface area contributed by atoms with Crippen LogP contribution in [0.15, 0.2) is 96.4 Å². The van der Waals surface area contributed by atoms with Gasteiger partial charge in [-0.05, 0) is 70.7 Å². The predicted octanol–water partition coefficient (Wildman–Crippen LogP) is 7.60. The quantitative estimate of drug-likeness (QED) is 0.0932. The van der Waals surface area contributed by atoms with Crippen molar-refractivity contribution in [3.05, 3.63) is 101 Å². The van der Waals surface area contributed by atoms with E-state index in [4.69, 9.17) is 4.74 Å². The van der Waals surface area contributed by atoms with E-state index in [2.05, 4.69) is 108 Å². The Kier molecular flexibility index (Phi) is 8.65. The fourth-order valence-corrected chi connectivity index (χ4v) is 4.82. The van der Waals surface area contributed by atoms with Crippen LogP contribution < -0.4 is 0 Å². The zero-order chi connectivity index (χ0) is 19.6. The van der Waals surface area contributed by atoms with Crippen LogP contribution in [0.3, 0.4) is 0 Å². The van der Waals surface area contributed by atoms with E-state index in [-0.39, 0.29) is 5.44 Å². The molecule has 0 heterocycles. The highest BCUT2D eigenvalue weighted by Crippen LogP contribution is 2.37. The largest absolute Gasteiger partial charge is 0.367 e. The maximum Gasteiger partial charge on any atom is 0.108 e. The van der Waals surface area contributed by atoms with Crippen LogP contribution in [0.1, 0.15) is 18.4 Å².